The standard InChI is InChI=1S/C30H40BrN10O2P/c1-20-16-24(26(43-3)17-25(20)40-9-6-21(7-10-40)39-14-12-38(2)13-15-39)36-30-32-18-22(31)28(37-30)35-23-8-11-41-29(33-19-34-41)27(23)44(4,5)42/h8,11,16-19,21H,6-7,9-10,12-15H2,1-5H3,(H2,32,35,36,37). The molecule has 3 aromatic heterocycles. The highest BCUT2D eigenvalue weighted by atomic mass is 79.9. The maximum atomic E-state index is 13.3. The lowest BCUT2D eigenvalue weighted by atomic mass is 10.0. The van der Waals surface area contributed by atoms with Crippen LogP contribution in [0.5, 0.6) is 5.75 Å². The van der Waals surface area contributed by atoms with Crippen molar-refractivity contribution in [3.8, 4) is 5.75 Å². The average molecular weight is 684 g/mol. The molecule has 2 aliphatic heterocycles. The van der Waals surface area contributed by atoms with Crippen molar-refractivity contribution in [2.75, 3.05) is 82.3 Å². The monoisotopic (exact) mass is 682 g/mol. The van der Waals surface area contributed by atoms with Gasteiger partial charge in [0.1, 0.15) is 25.0 Å². The SMILES string of the molecule is COc1cc(N2CCC(N3CCN(C)CC3)CC2)c(C)cc1Nc1ncc(Br)c(Nc2ccn3ncnc3c2P(C)(C)=O)n1. The average Bonchev–Trinajstić information content (AvgIpc) is 3.47. The van der Waals surface area contributed by atoms with Gasteiger partial charge in [-0.2, -0.15) is 10.1 Å². The molecule has 2 saturated heterocycles. The summed E-state index contributed by atoms with van der Waals surface area (Å²) in [6, 6.07) is 6.71. The molecule has 1 aromatic carbocycles. The maximum Gasteiger partial charge on any atom is 0.229 e. The molecule has 0 atom stereocenters. The van der Waals surface area contributed by atoms with Crippen molar-refractivity contribution in [1.82, 2.24) is 34.4 Å². The quantitative estimate of drug-likeness (QED) is 0.255. The topological polar surface area (TPSA) is 116 Å². The van der Waals surface area contributed by atoms with Gasteiger partial charge in [0, 0.05) is 69.5 Å². The number of benzene rings is 1. The second-order valence-electron chi connectivity index (χ2n) is 12.0. The number of anilines is 5. The molecule has 5 heterocycles. The first kappa shape index (κ1) is 30.8. The van der Waals surface area contributed by atoms with E-state index in [4.69, 9.17) is 9.72 Å². The summed E-state index contributed by atoms with van der Waals surface area (Å²) in [7, 11) is 1.18. The first-order valence-electron chi connectivity index (χ1n) is 14.9. The van der Waals surface area contributed by atoms with Crippen molar-refractivity contribution in [2.24, 2.45) is 0 Å². The molecular weight excluding hydrogens is 643 g/mol. The fourth-order valence-corrected chi connectivity index (χ4v) is 7.85. The first-order chi connectivity index (χ1) is 21.1. The lowest BCUT2D eigenvalue weighted by Crippen LogP contribution is -2.52. The Morgan fingerprint density at radius 1 is 1.02 bits per heavy atom. The number of ether oxygens (including phenoxy) is 1. The van der Waals surface area contributed by atoms with E-state index in [9.17, 15) is 4.57 Å². The number of pyridine rings is 1. The number of piperidine rings is 1. The Labute approximate surface area is 266 Å². The van der Waals surface area contributed by atoms with Gasteiger partial charge in [0.2, 0.25) is 5.95 Å². The van der Waals surface area contributed by atoms with Crippen LogP contribution in [0, 0.1) is 6.92 Å². The molecule has 14 heteroatoms. The first-order valence-corrected chi connectivity index (χ1v) is 18.3. The number of halogens is 1. The molecule has 0 amide bonds. The third-order valence-corrected chi connectivity index (χ3v) is 10.7. The molecule has 234 valence electrons. The number of aryl methyl sites for hydroxylation is 1. The van der Waals surface area contributed by atoms with E-state index >= 15 is 0 Å². The Balaban J connectivity index is 1.20. The van der Waals surface area contributed by atoms with Crippen LogP contribution in [0.1, 0.15) is 18.4 Å². The summed E-state index contributed by atoms with van der Waals surface area (Å²) in [4.78, 5) is 21.2. The Morgan fingerprint density at radius 2 is 1.77 bits per heavy atom. The van der Waals surface area contributed by atoms with Gasteiger partial charge in [-0.05, 0) is 73.8 Å². The van der Waals surface area contributed by atoms with Gasteiger partial charge in [0.05, 0.1) is 28.3 Å². The van der Waals surface area contributed by atoms with E-state index in [-0.39, 0.29) is 0 Å². The van der Waals surface area contributed by atoms with Crippen LogP contribution in [0.25, 0.3) is 5.65 Å². The Hall–Kier alpha value is -3.25. The fraction of sp³-hybridized carbons (Fsp3) is 0.467. The second kappa shape index (κ2) is 12.6. The van der Waals surface area contributed by atoms with Crippen LogP contribution < -0.4 is 25.6 Å². The van der Waals surface area contributed by atoms with Crippen molar-refractivity contribution in [3.63, 3.8) is 0 Å². The minimum Gasteiger partial charge on any atom is -0.494 e. The second-order valence-corrected chi connectivity index (χ2v) is 16.0. The number of fused-ring (bicyclic) bond motifs is 1. The third kappa shape index (κ3) is 6.42. The summed E-state index contributed by atoms with van der Waals surface area (Å²) in [5.41, 5.74) is 4.35. The van der Waals surface area contributed by atoms with E-state index in [1.54, 1.807) is 37.3 Å². The number of likely N-dealkylation sites (N-methyl/N-ethyl adjacent to an activating group) is 1. The molecule has 44 heavy (non-hydrogen) atoms. The number of rotatable bonds is 8. The number of hydrogen-bond donors (Lipinski definition) is 2. The zero-order valence-electron chi connectivity index (χ0n) is 25.9. The molecule has 0 saturated carbocycles. The number of aromatic nitrogens is 5. The summed E-state index contributed by atoms with van der Waals surface area (Å²) in [6.45, 7) is 12.3. The van der Waals surface area contributed by atoms with Gasteiger partial charge in [-0.15, -0.1) is 0 Å². The number of piperazine rings is 1. The van der Waals surface area contributed by atoms with Crippen LogP contribution in [0.2, 0.25) is 0 Å². The molecule has 2 N–H and O–H groups in total. The minimum absolute atomic E-state index is 0.399. The van der Waals surface area contributed by atoms with Crippen LogP contribution in [-0.4, -0.2) is 107 Å². The number of methoxy groups -OCH3 is 1. The van der Waals surface area contributed by atoms with Crippen molar-refractivity contribution in [1.29, 1.82) is 0 Å². The molecule has 0 spiro atoms. The van der Waals surface area contributed by atoms with E-state index in [1.165, 1.54) is 37.9 Å². The summed E-state index contributed by atoms with van der Waals surface area (Å²) < 4.78 is 21.4. The molecule has 0 bridgehead atoms. The normalized spacial score (nSPS) is 17.3. The van der Waals surface area contributed by atoms with Crippen LogP contribution in [-0.2, 0) is 4.57 Å². The lowest BCUT2D eigenvalue weighted by Gasteiger charge is -2.43. The lowest BCUT2D eigenvalue weighted by molar-refractivity contribution is 0.0982. The molecule has 0 aliphatic carbocycles. The molecule has 6 rings (SSSR count). The van der Waals surface area contributed by atoms with E-state index in [2.05, 4.69) is 82.4 Å². The minimum atomic E-state index is -2.72. The van der Waals surface area contributed by atoms with Crippen LogP contribution in [0.3, 0.4) is 0 Å². The summed E-state index contributed by atoms with van der Waals surface area (Å²) in [5.74, 6) is 1.65. The van der Waals surface area contributed by atoms with Gasteiger partial charge in [0.25, 0.3) is 0 Å². The summed E-state index contributed by atoms with van der Waals surface area (Å²) >= 11 is 3.56. The molecule has 0 unspecified atom stereocenters. The molecule has 0 radical (unpaired) electrons. The Morgan fingerprint density at radius 3 is 2.48 bits per heavy atom. The van der Waals surface area contributed by atoms with E-state index < -0.39 is 7.14 Å². The fourth-order valence-electron chi connectivity index (χ4n) is 6.21. The van der Waals surface area contributed by atoms with Gasteiger partial charge in [0.15, 0.2) is 5.65 Å². The van der Waals surface area contributed by atoms with E-state index in [0.29, 0.717) is 38.9 Å². The smallest absolute Gasteiger partial charge is 0.229 e. The predicted octanol–water partition coefficient (Wildman–Crippen LogP) is 4.55. The number of hydrogen-bond acceptors (Lipinski definition) is 11. The van der Waals surface area contributed by atoms with Gasteiger partial charge < -0.3 is 29.7 Å². The molecule has 2 aliphatic rings. The number of nitrogens with zero attached hydrogens (tertiary/aromatic N) is 8. The van der Waals surface area contributed by atoms with Gasteiger partial charge >= 0.3 is 0 Å². The molecule has 2 fully saturated rings. The summed E-state index contributed by atoms with van der Waals surface area (Å²) in [5, 5.41) is 11.5. The number of nitrogens with one attached hydrogen (secondary N) is 2. The largest absolute Gasteiger partial charge is 0.494 e. The van der Waals surface area contributed by atoms with Crippen molar-refractivity contribution in [3.05, 3.63) is 47.0 Å². The molecule has 12 nitrogen and oxygen atoms in total. The van der Waals surface area contributed by atoms with E-state index in [1.807, 2.05) is 6.07 Å². The summed E-state index contributed by atoms with van der Waals surface area (Å²) in [6.07, 6.45) is 7.26. The molecular formula is C30H40BrN10O2P. The van der Waals surface area contributed by atoms with Crippen molar-refractivity contribution >= 4 is 62.9 Å². The van der Waals surface area contributed by atoms with Crippen LogP contribution in [0.4, 0.5) is 28.8 Å². The van der Waals surface area contributed by atoms with Crippen molar-refractivity contribution < 1.29 is 9.30 Å². The van der Waals surface area contributed by atoms with Crippen molar-refractivity contribution in [2.45, 2.75) is 25.8 Å². The van der Waals surface area contributed by atoms with Gasteiger partial charge in [-0.1, -0.05) is 0 Å². The molecule has 4 aromatic rings. The Bertz CT molecular complexity index is 1690. The zero-order valence-corrected chi connectivity index (χ0v) is 28.4. The van der Waals surface area contributed by atoms with Crippen LogP contribution >= 0.6 is 23.1 Å². The third-order valence-electron chi connectivity index (χ3n) is 8.58. The van der Waals surface area contributed by atoms with E-state index in [0.717, 1.165) is 43.2 Å². The van der Waals surface area contributed by atoms with Crippen LogP contribution in [0.15, 0.2) is 41.4 Å². The van der Waals surface area contributed by atoms with Gasteiger partial charge in [-0.25, -0.2) is 14.5 Å². The Kier molecular flexibility index (Phi) is 8.83. The predicted molar refractivity (Wildman–Crippen MR) is 180 cm³/mol. The maximum absolute atomic E-state index is 13.3. The highest BCUT2D eigenvalue weighted by molar-refractivity contribution is 9.10. The highest BCUT2D eigenvalue weighted by Gasteiger charge is 2.28. The zero-order chi connectivity index (χ0) is 31.0. The van der Waals surface area contributed by atoms with Gasteiger partial charge in [-0.3, -0.25) is 4.90 Å². The highest BCUT2D eigenvalue weighted by Crippen LogP contribution is 2.41.